The van der Waals surface area contributed by atoms with Crippen LogP contribution in [-0.2, 0) is 13.1 Å². The van der Waals surface area contributed by atoms with Crippen LogP contribution in [0.25, 0.3) is 0 Å². The zero-order valence-electron chi connectivity index (χ0n) is 14.2. The van der Waals surface area contributed by atoms with Crippen LogP contribution in [0.3, 0.4) is 0 Å². The average molecular weight is 380 g/mol. The molecule has 0 aliphatic carbocycles. The minimum Gasteiger partial charge on any atom is -0.306 e. The van der Waals surface area contributed by atoms with Crippen molar-refractivity contribution >= 4 is 27.9 Å². The maximum Gasteiger partial charge on any atom is 0.324 e. The van der Waals surface area contributed by atoms with E-state index in [-0.39, 0.29) is 9.92 Å². The van der Waals surface area contributed by atoms with Gasteiger partial charge in [-0.3, -0.25) is 15.0 Å². The van der Waals surface area contributed by atoms with Gasteiger partial charge in [0.1, 0.15) is 0 Å². The summed E-state index contributed by atoms with van der Waals surface area (Å²) in [6, 6.07) is 11.4. The average Bonchev–Trinajstić information content (AvgIpc) is 3.19. The van der Waals surface area contributed by atoms with Crippen LogP contribution in [0.4, 0.5) is 5.00 Å². The largest absolute Gasteiger partial charge is 0.324 e. The number of nitrogens with zero attached hydrogens (tertiary/aromatic N) is 3. The fraction of sp³-hybridized carbons (Fsp3) is 0.444. The Morgan fingerprint density at radius 2 is 2.04 bits per heavy atom. The molecule has 0 amide bonds. The summed E-state index contributed by atoms with van der Waals surface area (Å²) in [5.74, 6) is 0.646. The standard InChI is InChI=1S/C18H22ClN3O2S/c1-20-9-8-15(10-20)12-21(11-14-2-4-16(19)5-3-14)13-17-6-7-18(25-17)22(23)24/h2-7,15H,8-13H2,1H3. The Morgan fingerprint density at radius 1 is 1.28 bits per heavy atom. The van der Waals surface area contributed by atoms with Crippen LogP contribution < -0.4 is 0 Å². The molecule has 1 aromatic carbocycles. The molecular weight excluding hydrogens is 358 g/mol. The second-order valence-corrected chi connectivity index (χ2v) is 8.29. The number of rotatable bonds is 7. The molecule has 1 aliphatic heterocycles. The first-order valence-corrected chi connectivity index (χ1v) is 9.57. The first-order chi connectivity index (χ1) is 12.0. The molecule has 1 aliphatic rings. The van der Waals surface area contributed by atoms with Crippen molar-refractivity contribution in [3.8, 4) is 0 Å². The highest BCUT2D eigenvalue weighted by Gasteiger charge is 2.23. The number of likely N-dealkylation sites (tertiary alicyclic amines) is 1. The molecule has 0 spiro atoms. The van der Waals surface area contributed by atoms with Gasteiger partial charge in [-0.25, -0.2) is 0 Å². The lowest BCUT2D eigenvalue weighted by atomic mass is 10.1. The first kappa shape index (κ1) is 18.3. The molecule has 0 radical (unpaired) electrons. The van der Waals surface area contributed by atoms with Crippen LogP contribution in [0.15, 0.2) is 36.4 Å². The van der Waals surface area contributed by atoms with Gasteiger partial charge >= 0.3 is 5.00 Å². The van der Waals surface area contributed by atoms with E-state index in [4.69, 9.17) is 11.6 Å². The van der Waals surface area contributed by atoms with Crippen molar-refractivity contribution in [1.29, 1.82) is 0 Å². The Labute approximate surface area is 157 Å². The van der Waals surface area contributed by atoms with Crippen molar-refractivity contribution in [3.63, 3.8) is 0 Å². The molecule has 5 nitrogen and oxygen atoms in total. The van der Waals surface area contributed by atoms with E-state index < -0.39 is 0 Å². The molecule has 25 heavy (non-hydrogen) atoms. The summed E-state index contributed by atoms with van der Waals surface area (Å²) in [7, 11) is 2.16. The molecule has 2 aromatic rings. The van der Waals surface area contributed by atoms with E-state index in [2.05, 4.69) is 16.8 Å². The molecule has 3 rings (SSSR count). The quantitative estimate of drug-likeness (QED) is 0.532. The van der Waals surface area contributed by atoms with Gasteiger partial charge in [0.2, 0.25) is 0 Å². The number of hydrogen-bond donors (Lipinski definition) is 0. The lowest BCUT2D eigenvalue weighted by Crippen LogP contribution is -2.30. The normalized spacial score (nSPS) is 18.1. The highest BCUT2D eigenvalue weighted by molar-refractivity contribution is 7.15. The highest BCUT2D eigenvalue weighted by Crippen LogP contribution is 2.27. The fourth-order valence-corrected chi connectivity index (χ4v) is 4.33. The number of hydrogen-bond acceptors (Lipinski definition) is 5. The monoisotopic (exact) mass is 379 g/mol. The predicted octanol–water partition coefficient (Wildman–Crippen LogP) is 4.26. The maximum atomic E-state index is 10.9. The molecule has 7 heteroatoms. The molecule has 1 atom stereocenters. The van der Waals surface area contributed by atoms with E-state index in [0.717, 1.165) is 42.6 Å². The van der Waals surface area contributed by atoms with Crippen molar-refractivity contribution in [3.05, 3.63) is 62.0 Å². The van der Waals surface area contributed by atoms with E-state index in [0.29, 0.717) is 5.92 Å². The summed E-state index contributed by atoms with van der Waals surface area (Å²) in [5, 5.41) is 11.9. The Morgan fingerprint density at radius 3 is 2.64 bits per heavy atom. The summed E-state index contributed by atoms with van der Waals surface area (Å²) >= 11 is 7.25. The summed E-state index contributed by atoms with van der Waals surface area (Å²) in [5.41, 5.74) is 1.21. The minimum atomic E-state index is -0.316. The van der Waals surface area contributed by atoms with Gasteiger partial charge in [0.05, 0.1) is 4.92 Å². The van der Waals surface area contributed by atoms with Crippen LogP contribution in [0, 0.1) is 16.0 Å². The van der Waals surface area contributed by atoms with Gasteiger partial charge in [0.15, 0.2) is 0 Å². The Hall–Kier alpha value is -1.47. The van der Waals surface area contributed by atoms with Crippen LogP contribution in [-0.4, -0.2) is 41.4 Å². The number of benzene rings is 1. The lowest BCUT2D eigenvalue weighted by molar-refractivity contribution is -0.380. The van der Waals surface area contributed by atoms with E-state index in [1.807, 2.05) is 30.3 Å². The molecule has 1 saturated heterocycles. The highest BCUT2D eigenvalue weighted by atomic mass is 35.5. The second kappa shape index (κ2) is 8.27. The third kappa shape index (κ3) is 5.25. The van der Waals surface area contributed by atoms with E-state index in [1.54, 1.807) is 6.07 Å². The number of halogens is 1. The SMILES string of the molecule is CN1CCC(CN(Cc2ccc(Cl)cc2)Cc2ccc([N+](=O)[O-])s2)C1. The molecule has 0 N–H and O–H groups in total. The van der Waals surface area contributed by atoms with Gasteiger partial charge in [-0.15, -0.1) is 0 Å². The molecule has 134 valence electrons. The first-order valence-electron chi connectivity index (χ1n) is 8.38. The van der Waals surface area contributed by atoms with Gasteiger partial charge in [-0.1, -0.05) is 35.1 Å². The van der Waals surface area contributed by atoms with Crippen molar-refractivity contribution in [1.82, 2.24) is 9.80 Å². The molecular formula is C18H22ClN3O2S. The van der Waals surface area contributed by atoms with E-state index >= 15 is 0 Å². The Kier molecular flexibility index (Phi) is 6.06. The maximum absolute atomic E-state index is 10.9. The van der Waals surface area contributed by atoms with Crippen molar-refractivity contribution in [2.75, 3.05) is 26.7 Å². The minimum absolute atomic E-state index is 0.210. The smallest absolute Gasteiger partial charge is 0.306 e. The third-order valence-electron chi connectivity index (χ3n) is 4.53. The molecule has 0 bridgehead atoms. The van der Waals surface area contributed by atoms with Crippen LogP contribution in [0.1, 0.15) is 16.9 Å². The van der Waals surface area contributed by atoms with Crippen LogP contribution in [0.2, 0.25) is 5.02 Å². The van der Waals surface area contributed by atoms with Gasteiger partial charge in [0.25, 0.3) is 0 Å². The van der Waals surface area contributed by atoms with Crippen molar-refractivity contribution < 1.29 is 4.92 Å². The van der Waals surface area contributed by atoms with Gasteiger partial charge in [-0.05, 0) is 49.7 Å². The van der Waals surface area contributed by atoms with E-state index in [9.17, 15) is 10.1 Å². The predicted molar refractivity (Wildman–Crippen MR) is 102 cm³/mol. The summed E-state index contributed by atoms with van der Waals surface area (Å²) < 4.78 is 0. The summed E-state index contributed by atoms with van der Waals surface area (Å²) in [6.07, 6.45) is 1.21. The number of thiophene rings is 1. The van der Waals surface area contributed by atoms with Crippen molar-refractivity contribution in [2.45, 2.75) is 19.5 Å². The van der Waals surface area contributed by atoms with E-state index in [1.165, 1.54) is 23.3 Å². The fourth-order valence-electron chi connectivity index (χ4n) is 3.34. The number of nitro groups is 1. The zero-order valence-corrected chi connectivity index (χ0v) is 15.8. The molecule has 0 saturated carbocycles. The zero-order chi connectivity index (χ0) is 17.8. The van der Waals surface area contributed by atoms with Gasteiger partial charge in [-0.2, -0.15) is 0 Å². The molecule has 2 heterocycles. The van der Waals surface area contributed by atoms with Crippen molar-refractivity contribution in [2.24, 2.45) is 5.92 Å². The van der Waals surface area contributed by atoms with Gasteiger partial charge < -0.3 is 4.90 Å². The lowest BCUT2D eigenvalue weighted by Gasteiger charge is -2.25. The van der Waals surface area contributed by atoms with Crippen LogP contribution in [0.5, 0.6) is 0 Å². The second-order valence-electron chi connectivity index (χ2n) is 6.71. The summed E-state index contributed by atoms with van der Waals surface area (Å²) in [4.78, 5) is 16.4. The van der Waals surface area contributed by atoms with Gasteiger partial charge in [0, 0.05) is 42.1 Å². The molecule has 1 aromatic heterocycles. The molecule has 1 fully saturated rings. The third-order valence-corrected chi connectivity index (χ3v) is 5.81. The summed E-state index contributed by atoms with van der Waals surface area (Å²) in [6.45, 7) is 4.81. The Balaban J connectivity index is 1.70. The Bertz CT molecular complexity index is 719. The topological polar surface area (TPSA) is 49.6 Å². The molecule has 1 unspecified atom stereocenters. The van der Waals surface area contributed by atoms with Crippen LogP contribution >= 0.6 is 22.9 Å².